The molecule has 0 aromatic heterocycles. The molecular formula is C12H13ClO2. The molecule has 0 heterocycles. The topological polar surface area (TPSA) is 26.3 Å². The van der Waals surface area contributed by atoms with Crippen molar-refractivity contribution in [3.8, 4) is 0 Å². The van der Waals surface area contributed by atoms with E-state index in [9.17, 15) is 4.79 Å². The molecule has 0 aliphatic heterocycles. The Morgan fingerprint density at radius 2 is 2.27 bits per heavy atom. The molecule has 0 unspecified atom stereocenters. The zero-order valence-corrected chi connectivity index (χ0v) is 9.54. The Hall–Kier alpha value is -1.28. The van der Waals surface area contributed by atoms with Crippen LogP contribution in [0.25, 0.3) is 0 Å². The molecule has 0 fully saturated rings. The van der Waals surface area contributed by atoms with E-state index in [2.05, 4.69) is 0 Å². The van der Waals surface area contributed by atoms with Crippen LogP contribution in [0.4, 0.5) is 0 Å². The quantitative estimate of drug-likeness (QED) is 0.578. The Kier molecular flexibility index (Phi) is 4.37. The lowest BCUT2D eigenvalue weighted by atomic mass is 10.1. The van der Waals surface area contributed by atoms with Gasteiger partial charge < -0.3 is 4.74 Å². The van der Waals surface area contributed by atoms with Crippen LogP contribution >= 0.6 is 11.6 Å². The summed E-state index contributed by atoms with van der Waals surface area (Å²) in [7, 11) is 0. The second kappa shape index (κ2) is 5.56. The van der Waals surface area contributed by atoms with Crippen molar-refractivity contribution < 1.29 is 9.53 Å². The van der Waals surface area contributed by atoms with E-state index >= 15 is 0 Å². The average molecular weight is 225 g/mol. The molecule has 0 radical (unpaired) electrons. The third-order valence-corrected chi connectivity index (χ3v) is 2.22. The molecule has 0 bridgehead atoms. The summed E-state index contributed by atoms with van der Waals surface area (Å²) in [5.74, 6) is 0.670. The van der Waals surface area contributed by atoms with Crippen molar-refractivity contribution in [3.63, 3.8) is 0 Å². The maximum Gasteiger partial charge on any atom is 0.200 e. The summed E-state index contributed by atoms with van der Waals surface area (Å²) >= 11 is 5.77. The number of hydrogen-bond acceptors (Lipinski definition) is 2. The molecule has 0 spiro atoms. The lowest BCUT2D eigenvalue weighted by molar-refractivity contribution is 0.0863. The number of halogens is 1. The highest BCUT2D eigenvalue weighted by Crippen LogP contribution is 2.11. The van der Waals surface area contributed by atoms with Gasteiger partial charge in [0.2, 0.25) is 0 Å². The molecule has 3 heteroatoms. The van der Waals surface area contributed by atoms with Crippen molar-refractivity contribution in [1.29, 1.82) is 0 Å². The standard InChI is InChI=1S/C12H13ClO2/c1-3-9(2)15-8-12(14)10-5-4-6-11(13)7-10/h3-7H,8H2,1-2H3. The first-order valence-electron chi connectivity index (χ1n) is 4.68. The Morgan fingerprint density at radius 3 is 2.87 bits per heavy atom. The van der Waals surface area contributed by atoms with Gasteiger partial charge in [-0.05, 0) is 32.1 Å². The first kappa shape index (κ1) is 11.8. The van der Waals surface area contributed by atoms with Crippen LogP contribution in [0.1, 0.15) is 24.2 Å². The lowest BCUT2D eigenvalue weighted by Gasteiger charge is -2.05. The number of benzene rings is 1. The fraction of sp³-hybridized carbons (Fsp3) is 0.250. The van der Waals surface area contributed by atoms with Gasteiger partial charge in [-0.1, -0.05) is 23.7 Å². The Labute approximate surface area is 94.5 Å². The van der Waals surface area contributed by atoms with E-state index in [1.165, 1.54) is 0 Å². The average Bonchev–Trinajstić information content (AvgIpc) is 2.25. The van der Waals surface area contributed by atoms with Gasteiger partial charge in [-0.15, -0.1) is 0 Å². The zero-order chi connectivity index (χ0) is 11.3. The van der Waals surface area contributed by atoms with Crippen molar-refractivity contribution in [2.75, 3.05) is 6.61 Å². The maximum absolute atomic E-state index is 11.6. The third kappa shape index (κ3) is 3.76. The highest BCUT2D eigenvalue weighted by atomic mass is 35.5. The van der Waals surface area contributed by atoms with E-state index in [1.54, 1.807) is 24.3 Å². The predicted molar refractivity (Wildman–Crippen MR) is 61.2 cm³/mol. The molecule has 0 saturated heterocycles. The van der Waals surface area contributed by atoms with Gasteiger partial charge >= 0.3 is 0 Å². The van der Waals surface area contributed by atoms with Crippen molar-refractivity contribution in [2.45, 2.75) is 13.8 Å². The first-order valence-corrected chi connectivity index (χ1v) is 5.05. The fourth-order valence-corrected chi connectivity index (χ4v) is 1.20. The van der Waals surface area contributed by atoms with Gasteiger partial charge in [-0.25, -0.2) is 0 Å². The predicted octanol–water partition coefficient (Wildman–Crippen LogP) is 3.46. The van der Waals surface area contributed by atoms with Crippen LogP contribution in [0.15, 0.2) is 36.1 Å². The largest absolute Gasteiger partial charge is 0.490 e. The number of Topliss-reactive ketones (excluding diaryl/α,β-unsaturated/α-hetero) is 1. The molecular weight excluding hydrogens is 212 g/mol. The van der Waals surface area contributed by atoms with Crippen LogP contribution in [0.5, 0.6) is 0 Å². The van der Waals surface area contributed by atoms with E-state index < -0.39 is 0 Å². The van der Waals surface area contributed by atoms with Crippen LogP contribution in [-0.4, -0.2) is 12.4 Å². The monoisotopic (exact) mass is 224 g/mol. The van der Waals surface area contributed by atoms with Crippen LogP contribution in [0.2, 0.25) is 5.02 Å². The number of carbonyl (C=O) groups is 1. The van der Waals surface area contributed by atoms with Crippen molar-refractivity contribution in [3.05, 3.63) is 46.7 Å². The smallest absolute Gasteiger partial charge is 0.200 e. The molecule has 0 aliphatic rings. The van der Waals surface area contributed by atoms with E-state index in [-0.39, 0.29) is 12.4 Å². The molecule has 0 N–H and O–H groups in total. The van der Waals surface area contributed by atoms with Gasteiger partial charge in [0, 0.05) is 10.6 Å². The second-order valence-corrected chi connectivity index (χ2v) is 3.56. The summed E-state index contributed by atoms with van der Waals surface area (Å²) in [5.41, 5.74) is 0.575. The molecule has 1 aromatic carbocycles. The summed E-state index contributed by atoms with van der Waals surface area (Å²) < 4.78 is 5.22. The first-order chi connectivity index (χ1) is 7.13. The van der Waals surface area contributed by atoms with Gasteiger partial charge in [0.1, 0.15) is 0 Å². The number of ether oxygens (including phenoxy) is 1. The molecule has 0 amide bonds. The minimum Gasteiger partial charge on any atom is -0.490 e. The zero-order valence-electron chi connectivity index (χ0n) is 8.79. The summed E-state index contributed by atoms with van der Waals surface area (Å²) in [5, 5.41) is 0.559. The number of carbonyl (C=O) groups excluding carboxylic acids is 1. The van der Waals surface area contributed by atoms with Crippen molar-refractivity contribution >= 4 is 17.4 Å². The number of ketones is 1. The molecule has 1 aromatic rings. The Balaban J connectivity index is 2.62. The van der Waals surface area contributed by atoms with Crippen molar-refractivity contribution in [1.82, 2.24) is 0 Å². The summed E-state index contributed by atoms with van der Waals surface area (Å²) in [6.07, 6.45) is 1.81. The normalized spacial score (nSPS) is 11.3. The minimum absolute atomic E-state index is 0.0521. The number of rotatable bonds is 4. The SMILES string of the molecule is CC=C(C)OCC(=O)c1cccc(Cl)c1. The number of hydrogen-bond donors (Lipinski definition) is 0. The van der Waals surface area contributed by atoms with Crippen LogP contribution in [-0.2, 0) is 4.74 Å². The fourth-order valence-electron chi connectivity index (χ4n) is 1.01. The maximum atomic E-state index is 11.6. The molecule has 0 aliphatic carbocycles. The molecule has 15 heavy (non-hydrogen) atoms. The molecule has 0 atom stereocenters. The van der Waals surface area contributed by atoms with E-state index in [4.69, 9.17) is 16.3 Å². The van der Waals surface area contributed by atoms with Crippen LogP contribution in [0.3, 0.4) is 0 Å². The van der Waals surface area contributed by atoms with Gasteiger partial charge in [0.15, 0.2) is 12.4 Å². The van der Waals surface area contributed by atoms with Crippen molar-refractivity contribution in [2.24, 2.45) is 0 Å². The minimum atomic E-state index is -0.0706. The molecule has 1 rings (SSSR count). The Bertz CT molecular complexity index is 383. The third-order valence-electron chi connectivity index (χ3n) is 1.98. The van der Waals surface area contributed by atoms with Gasteiger partial charge in [-0.3, -0.25) is 4.79 Å². The summed E-state index contributed by atoms with van der Waals surface area (Å²) in [4.78, 5) is 11.6. The van der Waals surface area contributed by atoms with E-state index in [0.717, 1.165) is 5.76 Å². The van der Waals surface area contributed by atoms with Gasteiger partial charge in [0.25, 0.3) is 0 Å². The molecule has 80 valence electrons. The Morgan fingerprint density at radius 1 is 1.53 bits per heavy atom. The summed E-state index contributed by atoms with van der Waals surface area (Å²) in [6, 6.07) is 6.84. The molecule has 2 nitrogen and oxygen atoms in total. The highest BCUT2D eigenvalue weighted by molar-refractivity contribution is 6.31. The highest BCUT2D eigenvalue weighted by Gasteiger charge is 2.06. The second-order valence-electron chi connectivity index (χ2n) is 3.12. The van der Waals surface area contributed by atoms with Gasteiger partial charge in [-0.2, -0.15) is 0 Å². The van der Waals surface area contributed by atoms with E-state index in [1.807, 2.05) is 19.9 Å². The van der Waals surface area contributed by atoms with Crippen LogP contribution in [0, 0.1) is 0 Å². The van der Waals surface area contributed by atoms with E-state index in [0.29, 0.717) is 10.6 Å². The summed E-state index contributed by atoms with van der Waals surface area (Å²) in [6.45, 7) is 3.72. The molecule has 0 saturated carbocycles. The van der Waals surface area contributed by atoms with Crippen LogP contribution < -0.4 is 0 Å². The van der Waals surface area contributed by atoms with Gasteiger partial charge in [0.05, 0.1) is 5.76 Å². The number of allylic oxidation sites excluding steroid dienone is 2. The lowest BCUT2D eigenvalue weighted by Crippen LogP contribution is -2.08.